The van der Waals surface area contributed by atoms with Gasteiger partial charge in [0, 0.05) is 11.8 Å². The Bertz CT molecular complexity index is 613. The Balaban J connectivity index is 2.19. The van der Waals surface area contributed by atoms with Gasteiger partial charge in [0.05, 0.1) is 0 Å². The molecule has 0 aliphatic heterocycles. The minimum atomic E-state index is 0.188. The molecule has 2 heterocycles. The molecule has 0 saturated carbocycles. The van der Waals surface area contributed by atoms with E-state index in [1.54, 1.807) is 30.5 Å². The summed E-state index contributed by atoms with van der Waals surface area (Å²) in [6.45, 7) is 0. The van der Waals surface area contributed by atoms with Gasteiger partial charge in [0.25, 0.3) is 0 Å². The summed E-state index contributed by atoms with van der Waals surface area (Å²) >= 11 is 0. The highest BCUT2D eigenvalue weighted by atomic mass is 16.3. The van der Waals surface area contributed by atoms with Crippen LogP contribution in [-0.2, 0) is 0 Å². The van der Waals surface area contributed by atoms with Gasteiger partial charge in [-0.05, 0) is 30.3 Å². The zero-order valence-electron chi connectivity index (χ0n) is 8.29. The van der Waals surface area contributed by atoms with Crippen molar-refractivity contribution in [2.24, 2.45) is 0 Å². The Morgan fingerprint density at radius 2 is 2.06 bits per heavy atom. The smallest absolute Gasteiger partial charge is 0.229 e. The minimum Gasteiger partial charge on any atom is -0.508 e. The molecule has 78 valence electrons. The highest BCUT2D eigenvalue weighted by Gasteiger charge is 2.08. The molecule has 0 bridgehead atoms. The average molecular weight is 212 g/mol. The van der Waals surface area contributed by atoms with Gasteiger partial charge in [-0.1, -0.05) is 6.07 Å². The second kappa shape index (κ2) is 3.34. The maximum atomic E-state index is 9.36. The van der Waals surface area contributed by atoms with Crippen molar-refractivity contribution in [3.63, 3.8) is 0 Å². The summed E-state index contributed by atoms with van der Waals surface area (Å²) < 4.78 is 5.52. The van der Waals surface area contributed by atoms with Gasteiger partial charge in [-0.25, -0.2) is 4.98 Å². The largest absolute Gasteiger partial charge is 0.508 e. The van der Waals surface area contributed by atoms with Crippen LogP contribution < -0.4 is 0 Å². The number of aromatic nitrogens is 2. The van der Waals surface area contributed by atoms with E-state index in [1.807, 2.05) is 12.1 Å². The fourth-order valence-electron chi connectivity index (χ4n) is 1.53. The Hall–Kier alpha value is -2.36. The number of benzene rings is 1. The molecule has 0 amide bonds. The number of hydrogen-bond donors (Lipinski definition) is 1. The van der Waals surface area contributed by atoms with Crippen molar-refractivity contribution in [1.82, 2.24) is 9.97 Å². The predicted octanol–water partition coefficient (Wildman–Crippen LogP) is 2.60. The number of phenols is 1. The summed E-state index contributed by atoms with van der Waals surface area (Å²) in [6.07, 6.45) is 1.66. The van der Waals surface area contributed by atoms with Crippen LogP contribution >= 0.6 is 0 Å². The van der Waals surface area contributed by atoms with Gasteiger partial charge in [-0.2, -0.15) is 4.98 Å². The third-order valence-electron chi connectivity index (χ3n) is 2.26. The zero-order valence-corrected chi connectivity index (χ0v) is 8.29. The van der Waals surface area contributed by atoms with E-state index < -0.39 is 0 Å². The van der Waals surface area contributed by atoms with Crippen LogP contribution in [0.3, 0.4) is 0 Å². The highest BCUT2D eigenvalue weighted by Crippen LogP contribution is 2.25. The van der Waals surface area contributed by atoms with E-state index in [0.717, 1.165) is 5.56 Å². The van der Waals surface area contributed by atoms with E-state index in [0.29, 0.717) is 17.1 Å². The van der Waals surface area contributed by atoms with E-state index >= 15 is 0 Å². The molecular formula is C12H8N2O2. The van der Waals surface area contributed by atoms with Crippen LogP contribution in [0.1, 0.15) is 0 Å². The number of hydrogen-bond acceptors (Lipinski definition) is 4. The van der Waals surface area contributed by atoms with Crippen LogP contribution in [0.5, 0.6) is 5.75 Å². The van der Waals surface area contributed by atoms with Crippen LogP contribution in [0, 0.1) is 0 Å². The number of aromatic hydroxyl groups is 1. The molecular weight excluding hydrogens is 204 g/mol. The molecule has 0 aliphatic carbocycles. The lowest BCUT2D eigenvalue weighted by atomic mass is 10.2. The third-order valence-corrected chi connectivity index (χ3v) is 2.26. The molecule has 0 radical (unpaired) electrons. The quantitative estimate of drug-likeness (QED) is 0.673. The number of phenolic OH excluding ortho intramolecular Hbond substituents is 1. The van der Waals surface area contributed by atoms with Gasteiger partial charge in [0.2, 0.25) is 5.89 Å². The first kappa shape index (κ1) is 8.91. The van der Waals surface area contributed by atoms with Gasteiger partial charge in [-0.15, -0.1) is 0 Å². The van der Waals surface area contributed by atoms with Gasteiger partial charge in [-0.3, -0.25) is 0 Å². The summed E-state index contributed by atoms with van der Waals surface area (Å²) in [5.41, 5.74) is 1.94. The first-order valence-electron chi connectivity index (χ1n) is 4.84. The standard InChI is InChI=1S/C12H8N2O2/c15-9-4-1-3-8(7-9)12-14-11-10(16-12)5-2-6-13-11/h1-7,15H. The summed E-state index contributed by atoms with van der Waals surface area (Å²) in [6, 6.07) is 10.4. The van der Waals surface area contributed by atoms with Gasteiger partial charge < -0.3 is 9.52 Å². The van der Waals surface area contributed by atoms with Gasteiger partial charge in [0.15, 0.2) is 11.2 Å². The Morgan fingerprint density at radius 3 is 2.88 bits per heavy atom. The highest BCUT2D eigenvalue weighted by molar-refractivity contribution is 5.72. The number of fused-ring (bicyclic) bond motifs is 1. The normalized spacial score (nSPS) is 10.8. The third kappa shape index (κ3) is 1.40. The van der Waals surface area contributed by atoms with Crippen molar-refractivity contribution in [3.8, 4) is 17.2 Å². The van der Waals surface area contributed by atoms with E-state index in [-0.39, 0.29) is 5.75 Å². The average Bonchev–Trinajstić information content (AvgIpc) is 2.72. The number of nitrogens with zero attached hydrogens (tertiary/aromatic N) is 2. The lowest BCUT2D eigenvalue weighted by Gasteiger charge is -1.94. The topological polar surface area (TPSA) is 59.2 Å². The second-order valence-corrected chi connectivity index (χ2v) is 3.39. The Kier molecular flexibility index (Phi) is 1.86. The van der Waals surface area contributed by atoms with Crippen molar-refractivity contribution in [1.29, 1.82) is 0 Å². The molecule has 0 atom stereocenters. The Labute approximate surface area is 91.2 Å². The van der Waals surface area contributed by atoms with E-state index in [2.05, 4.69) is 9.97 Å². The van der Waals surface area contributed by atoms with Crippen LogP contribution in [0.25, 0.3) is 22.7 Å². The first-order valence-corrected chi connectivity index (χ1v) is 4.84. The lowest BCUT2D eigenvalue weighted by Crippen LogP contribution is -1.77. The van der Waals surface area contributed by atoms with Crippen molar-refractivity contribution in [2.75, 3.05) is 0 Å². The molecule has 0 spiro atoms. The fourth-order valence-corrected chi connectivity index (χ4v) is 1.53. The van der Waals surface area contributed by atoms with E-state index in [4.69, 9.17) is 4.42 Å². The van der Waals surface area contributed by atoms with Crippen LogP contribution in [-0.4, -0.2) is 15.1 Å². The molecule has 0 saturated heterocycles. The van der Waals surface area contributed by atoms with Crippen LogP contribution in [0.4, 0.5) is 0 Å². The number of rotatable bonds is 1. The molecule has 0 aliphatic rings. The van der Waals surface area contributed by atoms with E-state index in [1.165, 1.54) is 0 Å². The summed E-state index contributed by atoms with van der Waals surface area (Å²) in [5, 5.41) is 9.36. The molecule has 1 aromatic carbocycles. The van der Waals surface area contributed by atoms with Gasteiger partial charge >= 0.3 is 0 Å². The summed E-state index contributed by atoms with van der Waals surface area (Å²) in [5.74, 6) is 0.650. The minimum absolute atomic E-state index is 0.188. The first-order chi connectivity index (χ1) is 7.83. The number of oxazole rings is 1. The molecule has 16 heavy (non-hydrogen) atoms. The molecule has 1 N–H and O–H groups in total. The monoisotopic (exact) mass is 212 g/mol. The lowest BCUT2D eigenvalue weighted by molar-refractivity contribution is 0.475. The maximum Gasteiger partial charge on any atom is 0.229 e. The molecule has 3 aromatic rings. The molecule has 0 fully saturated rings. The van der Waals surface area contributed by atoms with Crippen LogP contribution in [0.15, 0.2) is 47.0 Å². The van der Waals surface area contributed by atoms with Crippen molar-refractivity contribution < 1.29 is 9.52 Å². The van der Waals surface area contributed by atoms with Crippen molar-refractivity contribution in [3.05, 3.63) is 42.6 Å². The molecule has 0 unspecified atom stereocenters. The fraction of sp³-hybridized carbons (Fsp3) is 0. The Morgan fingerprint density at radius 1 is 1.12 bits per heavy atom. The summed E-state index contributed by atoms with van der Waals surface area (Å²) in [7, 11) is 0. The van der Waals surface area contributed by atoms with Crippen molar-refractivity contribution >= 4 is 11.2 Å². The molecule has 3 rings (SSSR count). The SMILES string of the molecule is Oc1cccc(-c2nc3ncccc3o2)c1. The second-order valence-electron chi connectivity index (χ2n) is 3.39. The number of pyridine rings is 1. The maximum absolute atomic E-state index is 9.36. The van der Waals surface area contributed by atoms with Crippen molar-refractivity contribution in [2.45, 2.75) is 0 Å². The predicted molar refractivity (Wildman–Crippen MR) is 58.9 cm³/mol. The van der Waals surface area contributed by atoms with Gasteiger partial charge in [0.1, 0.15) is 5.75 Å². The summed E-state index contributed by atoms with van der Waals surface area (Å²) in [4.78, 5) is 8.32. The van der Waals surface area contributed by atoms with Crippen LogP contribution in [0.2, 0.25) is 0 Å². The van der Waals surface area contributed by atoms with E-state index in [9.17, 15) is 5.11 Å². The zero-order chi connectivity index (χ0) is 11.0. The molecule has 2 aromatic heterocycles. The molecule has 4 heteroatoms. The molecule has 4 nitrogen and oxygen atoms in total.